The highest BCUT2D eigenvalue weighted by Gasteiger charge is 2.15. The summed E-state index contributed by atoms with van der Waals surface area (Å²) in [6.45, 7) is 6.45. The summed E-state index contributed by atoms with van der Waals surface area (Å²) in [5.74, 6) is 0.0216. The van der Waals surface area contributed by atoms with Gasteiger partial charge in [0.2, 0.25) is 5.91 Å². The summed E-state index contributed by atoms with van der Waals surface area (Å²) in [6, 6.07) is 7.54. The number of carbonyl (C=O) groups is 1. The van der Waals surface area contributed by atoms with Crippen LogP contribution >= 0.6 is 11.6 Å². The summed E-state index contributed by atoms with van der Waals surface area (Å²) in [6.07, 6.45) is 0. The third kappa shape index (κ3) is 4.36. The Morgan fingerprint density at radius 2 is 1.88 bits per heavy atom. The zero-order chi connectivity index (χ0) is 12.8. The number of amides is 1. The lowest BCUT2D eigenvalue weighted by Gasteiger charge is -2.19. The molecule has 1 aromatic rings. The Morgan fingerprint density at radius 1 is 1.29 bits per heavy atom. The molecule has 0 aliphatic carbocycles. The highest BCUT2D eigenvalue weighted by atomic mass is 35.5. The molecule has 3 nitrogen and oxygen atoms in total. The second kappa shape index (κ2) is 6.62. The number of rotatable bonds is 5. The molecule has 2 unspecified atom stereocenters. The van der Waals surface area contributed by atoms with Crippen LogP contribution in [0.25, 0.3) is 0 Å². The summed E-state index contributed by atoms with van der Waals surface area (Å²) >= 11 is 5.83. The van der Waals surface area contributed by atoms with Crippen LogP contribution in [0, 0.1) is 0 Å². The summed E-state index contributed by atoms with van der Waals surface area (Å²) in [5.41, 5.74) is 1.12. The van der Waals surface area contributed by atoms with Crippen molar-refractivity contribution in [2.45, 2.75) is 32.9 Å². The molecule has 2 N–H and O–H groups in total. The zero-order valence-corrected chi connectivity index (χ0v) is 11.2. The fourth-order valence-corrected chi connectivity index (χ4v) is 1.75. The first-order chi connectivity index (χ1) is 8.04. The minimum absolute atomic E-state index is 0.0216. The first kappa shape index (κ1) is 14.0. The quantitative estimate of drug-likeness (QED) is 0.848. The van der Waals surface area contributed by atoms with Crippen molar-refractivity contribution in [1.82, 2.24) is 10.6 Å². The molecule has 0 fully saturated rings. The maximum atomic E-state index is 11.6. The number of halogens is 1. The molecule has 0 aliphatic rings. The monoisotopic (exact) mass is 254 g/mol. The Labute approximate surface area is 108 Å². The van der Waals surface area contributed by atoms with Gasteiger partial charge in [-0.25, -0.2) is 0 Å². The van der Waals surface area contributed by atoms with Gasteiger partial charge in [0.1, 0.15) is 0 Å². The zero-order valence-electron chi connectivity index (χ0n) is 10.5. The predicted molar refractivity (Wildman–Crippen MR) is 71.1 cm³/mol. The molecule has 17 heavy (non-hydrogen) atoms. The summed E-state index contributed by atoms with van der Waals surface area (Å²) < 4.78 is 0. The Hall–Kier alpha value is -1.06. The molecular weight excluding hydrogens is 236 g/mol. The lowest BCUT2D eigenvalue weighted by atomic mass is 10.1. The Morgan fingerprint density at radius 3 is 2.41 bits per heavy atom. The Bertz CT molecular complexity index is 364. The largest absolute Gasteiger partial charge is 0.355 e. The lowest BCUT2D eigenvalue weighted by Crippen LogP contribution is -2.42. The fourth-order valence-electron chi connectivity index (χ4n) is 1.63. The van der Waals surface area contributed by atoms with E-state index < -0.39 is 0 Å². The number of nitrogens with one attached hydrogen (secondary N) is 2. The molecule has 0 spiro atoms. The Balaban J connectivity index is 2.56. The van der Waals surface area contributed by atoms with E-state index in [4.69, 9.17) is 11.6 Å². The van der Waals surface area contributed by atoms with E-state index in [2.05, 4.69) is 10.6 Å². The molecule has 0 aromatic heterocycles. The van der Waals surface area contributed by atoms with Crippen molar-refractivity contribution in [3.8, 4) is 0 Å². The lowest BCUT2D eigenvalue weighted by molar-refractivity contribution is -0.122. The molecule has 1 rings (SSSR count). The molecule has 0 radical (unpaired) electrons. The fraction of sp³-hybridized carbons (Fsp3) is 0.462. The van der Waals surface area contributed by atoms with E-state index in [0.29, 0.717) is 6.54 Å². The molecule has 1 amide bonds. The van der Waals surface area contributed by atoms with E-state index in [1.807, 2.05) is 45.0 Å². The van der Waals surface area contributed by atoms with E-state index in [0.717, 1.165) is 10.6 Å². The van der Waals surface area contributed by atoms with Crippen molar-refractivity contribution >= 4 is 17.5 Å². The first-order valence-corrected chi connectivity index (χ1v) is 6.21. The molecule has 94 valence electrons. The van der Waals surface area contributed by atoms with Gasteiger partial charge >= 0.3 is 0 Å². The van der Waals surface area contributed by atoms with E-state index >= 15 is 0 Å². The maximum Gasteiger partial charge on any atom is 0.236 e. The molecule has 0 heterocycles. The number of likely N-dealkylation sites (N-methyl/N-ethyl adjacent to an activating group) is 1. The van der Waals surface area contributed by atoms with Gasteiger partial charge in [-0.1, -0.05) is 23.7 Å². The highest BCUT2D eigenvalue weighted by Crippen LogP contribution is 2.16. The van der Waals surface area contributed by atoms with Gasteiger partial charge in [-0.05, 0) is 38.5 Å². The molecular formula is C13H19ClN2O. The van der Waals surface area contributed by atoms with E-state index in [-0.39, 0.29) is 18.0 Å². The standard InChI is InChI=1S/C13H19ClN2O/c1-4-15-13(17)10(3)16-9(2)11-5-7-12(14)8-6-11/h5-10,16H,4H2,1-3H3,(H,15,17). The third-order valence-electron chi connectivity index (χ3n) is 2.61. The van der Waals surface area contributed by atoms with E-state index in [1.165, 1.54) is 0 Å². The molecule has 0 saturated carbocycles. The second-order valence-corrected chi connectivity index (χ2v) is 4.49. The van der Waals surface area contributed by atoms with Crippen LogP contribution in [0.5, 0.6) is 0 Å². The van der Waals surface area contributed by atoms with Crippen LogP contribution < -0.4 is 10.6 Å². The van der Waals surface area contributed by atoms with Crippen LogP contribution in [-0.4, -0.2) is 18.5 Å². The molecule has 0 saturated heterocycles. The number of benzene rings is 1. The summed E-state index contributed by atoms with van der Waals surface area (Å²) in [4.78, 5) is 11.6. The van der Waals surface area contributed by atoms with Crippen LogP contribution in [0.3, 0.4) is 0 Å². The SMILES string of the molecule is CCNC(=O)C(C)NC(C)c1ccc(Cl)cc1. The normalized spacial score (nSPS) is 14.1. The molecule has 2 atom stereocenters. The van der Waals surface area contributed by atoms with Gasteiger partial charge in [0, 0.05) is 17.6 Å². The smallest absolute Gasteiger partial charge is 0.236 e. The number of carbonyl (C=O) groups excluding carboxylic acids is 1. The topological polar surface area (TPSA) is 41.1 Å². The van der Waals surface area contributed by atoms with Crippen molar-refractivity contribution in [3.63, 3.8) is 0 Å². The number of hydrogen-bond donors (Lipinski definition) is 2. The molecule has 0 bridgehead atoms. The second-order valence-electron chi connectivity index (χ2n) is 4.06. The minimum Gasteiger partial charge on any atom is -0.355 e. The van der Waals surface area contributed by atoms with Crippen molar-refractivity contribution < 1.29 is 4.79 Å². The van der Waals surface area contributed by atoms with Crippen LogP contribution in [0.4, 0.5) is 0 Å². The van der Waals surface area contributed by atoms with Crippen molar-refractivity contribution in [2.75, 3.05) is 6.54 Å². The van der Waals surface area contributed by atoms with Crippen molar-refractivity contribution in [2.24, 2.45) is 0 Å². The molecule has 4 heteroatoms. The Kier molecular flexibility index (Phi) is 5.45. The number of hydrogen-bond acceptors (Lipinski definition) is 2. The van der Waals surface area contributed by atoms with Crippen LogP contribution in [0.2, 0.25) is 5.02 Å². The molecule has 0 aliphatic heterocycles. The average molecular weight is 255 g/mol. The van der Waals surface area contributed by atoms with Gasteiger partial charge in [-0.3, -0.25) is 10.1 Å². The van der Waals surface area contributed by atoms with Crippen molar-refractivity contribution in [3.05, 3.63) is 34.9 Å². The van der Waals surface area contributed by atoms with Gasteiger partial charge < -0.3 is 5.32 Å². The van der Waals surface area contributed by atoms with Crippen molar-refractivity contribution in [1.29, 1.82) is 0 Å². The van der Waals surface area contributed by atoms with Crippen LogP contribution in [0.15, 0.2) is 24.3 Å². The van der Waals surface area contributed by atoms with Gasteiger partial charge in [-0.15, -0.1) is 0 Å². The predicted octanol–water partition coefficient (Wildman–Crippen LogP) is 2.52. The average Bonchev–Trinajstić information content (AvgIpc) is 2.30. The van der Waals surface area contributed by atoms with Gasteiger partial charge in [0.25, 0.3) is 0 Å². The van der Waals surface area contributed by atoms with E-state index in [1.54, 1.807) is 0 Å². The maximum absolute atomic E-state index is 11.6. The van der Waals surface area contributed by atoms with Gasteiger partial charge in [0.05, 0.1) is 6.04 Å². The summed E-state index contributed by atoms with van der Waals surface area (Å²) in [7, 11) is 0. The molecule has 1 aromatic carbocycles. The van der Waals surface area contributed by atoms with Gasteiger partial charge in [-0.2, -0.15) is 0 Å². The van der Waals surface area contributed by atoms with Gasteiger partial charge in [0.15, 0.2) is 0 Å². The van der Waals surface area contributed by atoms with Crippen LogP contribution in [-0.2, 0) is 4.79 Å². The minimum atomic E-state index is -0.208. The van der Waals surface area contributed by atoms with E-state index in [9.17, 15) is 4.79 Å². The first-order valence-electron chi connectivity index (χ1n) is 5.83. The highest BCUT2D eigenvalue weighted by molar-refractivity contribution is 6.30. The third-order valence-corrected chi connectivity index (χ3v) is 2.87. The van der Waals surface area contributed by atoms with Crippen LogP contribution in [0.1, 0.15) is 32.4 Å². The summed E-state index contributed by atoms with van der Waals surface area (Å²) in [5, 5.41) is 6.75.